The van der Waals surface area contributed by atoms with Crippen molar-refractivity contribution >= 4 is 11.6 Å². The number of hydrogen-bond acceptors (Lipinski definition) is 4. The second-order valence-corrected chi connectivity index (χ2v) is 6.66. The van der Waals surface area contributed by atoms with E-state index in [-0.39, 0.29) is 0 Å². The van der Waals surface area contributed by atoms with Crippen LogP contribution in [0, 0.1) is 12.8 Å². The van der Waals surface area contributed by atoms with E-state index in [1.54, 1.807) is 0 Å². The van der Waals surface area contributed by atoms with E-state index in [9.17, 15) is 0 Å². The van der Waals surface area contributed by atoms with Gasteiger partial charge in [-0.3, -0.25) is 0 Å². The van der Waals surface area contributed by atoms with Crippen LogP contribution < -0.4 is 10.6 Å². The van der Waals surface area contributed by atoms with Crippen LogP contribution in [-0.2, 0) is 0 Å². The third kappa shape index (κ3) is 2.25. The van der Waals surface area contributed by atoms with Gasteiger partial charge in [-0.1, -0.05) is 20.3 Å². The first-order valence-electron chi connectivity index (χ1n) is 7.98. The van der Waals surface area contributed by atoms with Gasteiger partial charge in [0.2, 0.25) is 0 Å². The van der Waals surface area contributed by atoms with Crippen LogP contribution in [0.5, 0.6) is 0 Å². The molecule has 1 saturated heterocycles. The number of piperidine rings is 1. The molecule has 1 aromatic rings. The summed E-state index contributed by atoms with van der Waals surface area (Å²) in [6.07, 6.45) is 6.73. The Hall–Kier alpha value is -1.32. The number of nitrogens with zero attached hydrogens (tertiary/aromatic N) is 3. The van der Waals surface area contributed by atoms with E-state index >= 15 is 0 Å². The molecule has 1 saturated carbocycles. The Morgan fingerprint density at radius 1 is 1.15 bits per heavy atom. The minimum Gasteiger partial charge on any atom is -0.383 e. The second-order valence-electron chi connectivity index (χ2n) is 6.66. The lowest BCUT2D eigenvalue weighted by Gasteiger charge is -2.39. The number of fused-ring (bicyclic) bond motifs is 1. The van der Waals surface area contributed by atoms with Crippen LogP contribution in [0.4, 0.5) is 11.6 Å². The van der Waals surface area contributed by atoms with Crippen molar-refractivity contribution in [1.29, 1.82) is 0 Å². The van der Waals surface area contributed by atoms with E-state index in [4.69, 9.17) is 10.7 Å². The van der Waals surface area contributed by atoms with Crippen molar-refractivity contribution in [2.24, 2.45) is 5.92 Å². The smallest absolute Gasteiger partial charge is 0.137 e. The fourth-order valence-corrected chi connectivity index (χ4v) is 3.79. The minimum atomic E-state index is 0.320. The molecule has 2 aliphatic rings. The molecule has 0 spiro atoms. The Morgan fingerprint density at radius 3 is 2.65 bits per heavy atom. The molecule has 4 heteroatoms. The topological polar surface area (TPSA) is 55.0 Å². The van der Waals surface area contributed by atoms with E-state index in [0.29, 0.717) is 17.8 Å². The summed E-state index contributed by atoms with van der Waals surface area (Å²) < 4.78 is 0. The first-order chi connectivity index (χ1) is 9.58. The summed E-state index contributed by atoms with van der Waals surface area (Å²) in [4.78, 5) is 11.8. The number of nitrogen functional groups attached to an aromatic ring is 1. The van der Waals surface area contributed by atoms with Crippen LogP contribution in [0.1, 0.15) is 63.3 Å². The van der Waals surface area contributed by atoms with Crippen LogP contribution in [0.25, 0.3) is 0 Å². The zero-order valence-corrected chi connectivity index (χ0v) is 12.9. The Bertz CT molecular complexity index is 497. The molecule has 1 aromatic heterocycles. The Labute approximate surface area is 121 Å². The van der Waals surface area contributed by atoms with E-state index in [1.807, 2.05) is 0 Å². The molecule has 0 amide bonds. The maximum absolute atomic E-state index is 6.13. The second kappa shape index (κ2) is 5.23. The quantitative estimate of drug-likeness (QED) is 0.899. The molecular formula is C16H26N4. The Balaban J connectivity index is 1.99. The van der Waals surface area contributed by atoms with Crippen LogP contribution >= 0.6 is 0 Å². The summed E-state index contributed by atoms with van der Waals surface area (Å²) in [5.74, 6) is 3.81. The molecule has 3 rings (SSSR count). The predicted molar refractivity (Wildman–Crippen MR) is 83.0 cm³/mol. The van der Waals surface area contributed by atoms with Gasteiger partial charge in [0.25, 0.3) is 0 Å². The van der Waals surface area contributed by atoms with E-state index < -0.39 is 0 Å². The largest absolute Gasteiger partial charge is 0.383 e. The normalized spacial score (nSPS) is 26.1. The van der Waals surface area contributed by atoms with E-state index in [1.165, 1.54) is 32.1 Å². The van der Waals surface area contributed by atoms with E-state index in [0.717, 1.165) is 29.7 Å². The minimum absolute atomic E-state index is 0.320. The maximum atomic E-state index is 6.13. The highest BCUT2D eigenvalue weighted by Gasteiger charge is 2.36. The van der Waals surface area contributed by atoms with Gasteiger partial charge in [-0.2, -0.15) is 0 Å². The highest BCUT2D eigenvalue weighted by atomic mass is 15.2. The molecule has 20 heavy (non-hydrogen) atoms. The molecule has 0 radical (unpaired) electrons. The fourth-order valence-electron chi connectivity index (χ4n) is 3.79. The molecule has 2 N–H and O–H groups in total. The van der Waals surface area contributed by atoms with Crippen molar-refractivity contribution in [1.82, 2.24) is 9.97 Å². The molecule has 2 atom stereocenters. The number of aromatic nitrogens is 2. The summed E-state index contributed by atoms with van der Waals surface area (Å²) in [7, 11) is 0. The first-order valence-corrected chi connectivity index (χ1v) is 7.98. The SMILES string of the molecule is Cc1c(N)nc(C(C)C)nc1N1CCCC2CCCC21. The molecule has 0 bridgehead atoms. The van der Waals surface area contributed by atoms with Crippen LogP contribution in [-0.4, -0.2) is 22.6 Å². The average molecular weight is 274 g/mol. The Morgan fingerprint density at radius 2 is 1.90 bits per heavy atom. The van der Waals surface area contributed by atoms with Gasteiger partial charge >= 0.3 is 0 Å². The molecule has 2 fully saturated rings. The molecule has 0 aromatic carbocycles. The Kier molecular flexibility index (Phi) is 3.57. The zero-order chi connectivity index (χ0) is 14.3. The average Bonchev–Trinajstić information content (AvgIpc) is 2.89. The molecule has 2 unspecified atom stereocenters. The number of hydrogen-bond donors (Lipinski definition) is 1. The lowest BCUT2D eigenvalue weighted by atomic mass is 9.91. The lowest BCUT2D eigenvalue weighted by molar-refractivity contribution is 0.360. The summed E-state index contributed by atoms with van der Waals surface area (Å²) in [5.41, 5.74) is 7.18. The van der Waals surface area contributed by atoms with Crippen molar-refractivity contribution < 1.29 is 0 Å². The van der Waals surface area contributed by atoms with Gasteiger partial charge < -0.3 is 10.6 Å². The van der Waals surface area contributed by atoms with Gasteiger partial charge in [0, 0.05) is 24.1 Å². The van der Waals surface area contributed by atoms with Crippen LogP contribution in [0.2, 0.25) is 0 Å². The fraction of sp³-hybridized carbons (Fsp3) is 0.750. The van der Waals surface area contributed by atoms with Gasteiger partial charge in [-0.15, -0.1) is 0 Å². The zero-order valence-electron chi connectivity index (χ0n) is 12.9. The van der Waals surface area contributed by atoms with E-state index in [2.05, 4.69) is 30.7 Å². The number of nitrogens with two attached hydrogens (primary N) is 1. The van der Waals surface area contributed by atoms with Gasteiger partial charge in [0.05, 0.1) is 0 Å². The van der Waals surface area contributed by atoms with Crippen molar-refractivity contribution in [3.8, 4) is 0 Å². The highest BCUT2D eigenvalue weighted by Crippen LogP contribution is 2.40. The summed E-state index contributed by atoms with van der Waals surface area (Å²) in [6.45, 7) is 7.44. The van der Waals surface area contributed by atoms with Gasteiger partial charge in [0.15, 0.2) is 0 Å². The third-order valence-corrected chi connectivity index (χ3v) is 4.96. The molecule has 2 heterocycles. The number of anilines is 2. The maximum Gasteiger partial charge on any atom is 0.137 e. The highest BCUT2D eigenvalue weighted by molar-refractivity contribution is 5.57. The standard InChI is InChI=1S/C16H26N4/c1-10(2)15-18-14(17)11(3)16(19-15)20-9-5-7-12-6-4-8-13(12)20/h10,12-13H,4-9H2,1-3H3,(H2,17,18,19). The monoisotopic (exact) mass is 274 g/mol. The van der Waals surface area contributed by atoms with Gasteiger partial charge in [-0.25, -0.2) is 9.97 Å². The molecule has 4 nitrogen and oxygen atoms in total. The van der Waals surface area contributed by atoms with Crippen molar-refractivity contribution in [2.75, 3.05) is 17.2 Å². The van der Waals surface area contributed by atoms with Gasteiger partial charge in [0.1, 0.15) is 17.5 Å². The van der Waals surface area contributed by atoms with Crippen LogP contribution in [0.3, 0.4) is 0 Å². The molecule has 110 valence electrons. The molecule has 1 aliphatic heterocycles. The lowest BCUT2D eigenvalue weighted by Crippen LogP contribution is -2.43. The summed E-state index contributed by atoms with van der Waals surface area (Å²) in [5, 5.41) is 0. The summed E-state index contributed by atoms with van der Waals surface area (Å²) in [6, 6.07) is 0.678. The predicted octanol–water partition coefficient (Wildman–Crippen LogP) is 3.26. The summed E-state index contributed by atoms with van der Waals surface area (Å²) >= 11 is 0. The van der Waals surface area contributed by atoms with Crippen molar-refractivity contribution in [3.63, 3.8) is 0 Å². The first kappa shape index (κ1) is 13.7. The van der Waals surface area contributed by atoms with Gasteiger partial charge in [-0.05, 0) is 38.5 Å². The molecular weight excluding hydrogens is 248 g/mol. The number of rotatable bonds is 2. The van der Waals surface area contributed by atoms with Crippen molar-refractivity contribution in [3.05, 3.63) is 11.4 Å². The van der Waals surface area contributed by atoms with Crippen LogP contribution in [0.15, 0.2) is 0 Å². The van der Waals surface area contributed by atoms with Crippen molar-refractivity contribution in [2.45, 2.75) is 64.8 Å². The third-order valence-electron chi connectivity index (χ3n) is 4.96. The molecule has 1 aliphatic carbocycles.